The Morgan fingerprint density at radius 1 is 0.825 bits per heavy atom. The lowest BCUT2D eigenvalue weighted by atomic mass is 9.80. The van der Waals surface area contributed by atoms with E-state index >= 15 is 0 Å². The Balaban J connectivity index is 1.70. The smallest absolute Gasteiger partial charge is 0.338 e. The van der Waals surface area contributed by atoms with Crippen LogP contribution < -0.4 is 15.0 Å². The van der Waals surface area contributed by atoms with Gasteiger partial charge in [-0.1, -0.05) is 42.0 Å². The monoisotopic (exact) mass is 534 g/mol. The number of anilines is 3. The van der Waals surface area contributed by atoms with Gasteiger partial charge in [-0.2, -0.15) is 0 Å². The Bertz CT molecular complexity index is 1560. The Morgan fingerprint density at radius 2 is 1.50 bits per heavy atom. The second-order valence-corrected chi connectivity index (χ2v) is 10.6. The number of ether oxygens (including phenoxy) is 2. The summed E-state index contributed by atoms with van der Waals surface area (Å²) in [6.07, 6.45) is 0. The molecule has 5 heteroatoms. The molecule has 1 heterocycles. The van der Waals surface area contributed by atoms with Gasteiger partial charge in [0.2, 0.25) is 0 Å². The van der Waals surface area contributed by atoms with Crippen LogP contribution >= 0.6 is 0 Å². The summed E-state index contributed by atoms with van der Waals surface area (Å²) in [5.74, 6) is 1.06. The lowest BCUT2D eigenvalue weighted by Crippen LogP contribution is -2.22. The highest BCUT2D eigenvalue weighted by Crippen LogP contribution is 2.50. The molecule has 40 heavy (non-hydrogen) atoms. The molecule has 0 saturated heterocycles. The van der Waals surface area contributed by atoms with Crippen molar-refractivity contribution in [3.8, 4) is 11.5 Å². The fraction of sp³-hybridized carbons (Fsp3) is 0.286. The lowest BCUT2D eigenvalue weighted by Gasteiger charge is -2.32. The van der Waals surface area contributed by atoms with Crippen LogP contribution in [0.15, 0.2) is 66.7 Å². The number of hydrogen-bond acceptors (Lipinski definition) is 5. The van der Waals surface area contributed by atoms with Gasteiger partial charge in [0.25, 0.3) is 0 Å². The minimum Gasteiger partial charge on any atom is -0.465 e. The summed E-state index contributed by atoms with van der Waals surface area (Å²) in [7, 11) is 1.43. The van der Waals surface area contributed by atoms with Crippen LogP contribution in [0.3, 0.4) is 0 Å². The zero-order chi connectivity index (χ0) is 28.6. The van der Waals surface area contributed by atoms with Gasteiger partial charge in [-0.05, 0) is 88.1 Å². The van der Waals surface area contributed by atoms with E-state index < -0.39 is 0 Å². The van der Waals surface area contributed by atoms with E-state index in [0.29, 0.717) is 5.56 Å². The summed E-state index contributed by atoms with van der Waals surface area (Å²) in [5.41, 5.74) is 11.5. The van der Waals surface area contributed by atoms with Crippen LogP contribution in [0.5, 0.6) is 11.5 Å². The first-order valence-corrected chi connectivity index (χ1v) is 14.0. The van der Waals surface area contributed by atoms with E-state index in [-0.39, 0.29) is 11.9 Å². The van der Waals surface area contributed by atoms with Gasteiger partial charge < -0.3 is 19.7 Å². The normalized spacial score (nSPS) is 13.6. The van der Waals surface area contributed by atoms with Crippen LogP contribution in [0, 0.1) is 27.7 Å². The minimum atomic E-state index is -0.346. The van der Waals surface area contributed by atoms with Crippen molar-refractivity contribution in [2.75, 3.05) is 30.4 Å². The third-order valence-electron chi connectivity index (χ3n) is 7.94. The SMILES string of the molecule is CCN(CC)c1ccc2c(c1)Oc1cc(C)c(Nc3c(C)cc(C)cc3C)cc1C2c1ccccc1C(=O)OC. The number of benzene rings is 4. The minimum absolute atomic E-state index is 0.207. The molecule has 1 aliphatic rings. The topological polar surface area (TPSA) is 50.8 Å². The summed E-state index contributed by atoms with van der Waals surface area (Å²) in [6, 6.07) is 22.8. The second kappa shape index (κ2) is 11.1. The van der Waals surface area contributed by atoms with Crippen molar-refractivity contribution in [2.24, 2.45) is 0 Å². The van der Waals surface area contributed by atoms with Crippen LogP contribution in [0.4, 0.5) is 17.1 Å². The number of methoxy groups -OCH3 is 1. The Labute approximate surface area is 237 Å². The second-order valence-electron chi connectivity index (χ2n) is 10.6. The predicted octanol–water partition coefficient (Wildman–Crippen LogP) is 8.58. The van der Waals surface area contributed by atoms with E-state index in [1.807, 2.05) is 24.3 Å². The maximum absolute atomic E-state index is 12.9. The molecule has 1 atom stereocenters. The first-order valence-electron chi connectivity index (χ1n) is 14.0. The van der Waals surface area contributed by atoms with E-state index in [1.54, 1.807) is 0 Å². The zero-order valence-corrected chi connectivity index (χ0v) is 24.5. The van der Waals surface area contributed by atoms with Crippen LogP contribution in [-0.4, -0.2) is 26.2 Å². The molecule has 0 fully saturated rings. The van der Waals surface area contributed by atoms with Gasteiger partial charge in [0, 0.05) is 53.3 Å². The van der Waals surface area contributed by atoms with Gasteiger partial charge in [-0.3, -0.25) is 0 Å². The Hall–Kier alpha value is -4.25. The van der Waals surface area contributed by atoms with E-state index in [4.69, 9.17) is 9.47 Å². The number of aryl methyl sites for hydroxylation is 4. The third-order valence-corrected chi connectivity index (χ3v) is 7.94. The summed E-state index contributed by atoms with van der Waals surface area (Å²) in [5, 5.41) is 3.72. The zero-order valence-electron chi connectivity index (χ0n) is 24.5. The van der Waals surface area contributed by atoms with Gasteiger partial charge in [-0.25, -0.2) is 4.79 Å². The van der Waals surface area contributed by atoms with Gasteiger partial charge in [0.15, 0.2) is 0 Å². The fourth-order valence-electron chi connectivity index (χ4n) is 5.96. The van der Waals surface area contributed by atoms with Crippen molar-refractivity contribution in [3.63, 3.8) is 0 Å². The highest BCUT2D eigenvalue weighted by molar-refractivity contribution is 5.92. The number of nitrogens with zero attached hydrogens (tertiary/aromatic N) is 1. The van der Waals surface area contributed by atoms with E-state index in [9.17, 15) is 4.79 Å². The summed E-state index contributed by atoms with van der Waals surface area (Å²) >= 11 is 0. The molecule has 5 nitrogen and oxygen atoms in total. The molecule has 0 radical (unpaired) electrons. The highest BCUT2D eigenvalue weighted by atomic mass is 16.5. The van der Waals surface area contributed by atoms with Crippen molar-refractivity contribution in [3.05, 3.63) is 111 Å². The number of carbonyl (C=O) groups excluding carboxylic acids is 1. The average molecular weight is 535 g/mol. The van der Waals surface area contributed by atoms with Gasteiger partial charge in [0.05, 0.1) is 12.7 Å². The highest BCUT2D eigenvalue weighted by Gasteiger charge is 2.33. The van der Waals surface area contributed by atoms with Crippen molar-refractivity contribution < 1.29 is 14.3 Å². The van der Waals surface area contributed by atoms with Crippen LogP contribution in [0.1, 0.15) is 69.1 Å². The maximum Gasteiger partial charge on any atom is 0.338 e. The molecular formula is C35H38N2O3. The van der Waals surface area contributed by atoms with Crippen molar-refractivity contribution >= 4 is 23.0 Å². The fourth-order valence-corrected chi connectivity index (χ4v) is 5.96. The molecular weight excluding hydrogens is 496 g/mol. The molecule has 0 spiro atoms. The molecule has 0 saturated carbocycles. The van der Waals surface area contributed by atoms with E-state index in [1.165, 1.54) is 23.8 Å². The molecule has 1 unspecified atom stereocenters. The predicted molar refractivity (Wildman–Crippen MR) is 164 cm³/mol. The largest absolute Gasteiger partial charge is 0.465 e. The van der Waals surface area contributed by atoms with Gasteiger partial charge in [-0.15, -0.1) is 0 Å². The molecule has 0 aliphatic carbocycles. The first kappa shape index (κ1) is 27.3. The number of hydrogen-bond donors (Lipinski definition) is 1. The average Bonchev–Trinajstić information content (AvgIpc) is 2.94. The van der Waals surface area contributed by atoms with E-state index in [0.717, 1.165) is 63.9 Å². The molecule has 0 bridgehead atoms. The van der Waals surface area contributed by atoms with Crippen molar-refractivity contribution in [1.82, 2.24) is 0 Å². The number of carbonyl (C=O) groups is 1. The quantitative estimate of drug-likeness (QED) is 0.212. The standard InChI is InChI=1S/C35H38N2O3/c1-8-37(9-2)25-14-15-28-32(19-25)40-31-18-22(4)30(36-34-23(5)16-21(3)17-24(34)6)20-29(31)33(28)26-12-10-11-13-27(26)35(38)39-7/h10-20,33,36H,8-9H2,1-7H3. The third kappa shape index (κ3) is 4.92. The number of fused-ring (bicyclic) bond motifs is 2. The number of nitrogens with one attached hydrogen (secondary N) is 1. The summed E-state index contributed by atoms with van der Waals surface area (Å²) in [4.78, 5) is 15.2. The summed E-state index contributed by atoms with van der Waals surface area (Å²) < 4.78 is 11.8. The summed E-state index contributed by atoms with van der Waals surface area (Å²) in [6.45, 7) is 14.6. The first-order chi connectivity index (χ1) is 19.2. The van der Waals surface area contributed by atoms with Crippen LogP contribution in [0.25, 0.3) is 0 Å². The Kier molecular flexibility index (Phi) is 7.57. The number of rotatable bonds is 7. The molecule has 0 amide bonds. The molecule has 1 N–H and O–H groups in total. The molecule has 5 rings (SSSR count). The molecule has 206 valence electrons. The molecule has 1 aliphatic heterocycles. The van der Waals surface area contributed by atoms with Crippen LogP contribution in [-0.2, 0) is 4.74 Å². The molecule has 4 aromatic rings. The maximum atomic E-state index is 12.9. The van der Waals surface area contributed by atoms with Gasteiger partial charge >= 0.3 is 5.97 Å². The van der Waals surface area contributed by atoms with Crippen LogP contribution in [0.2, 0.25) is 0 Å². The molecule has 0 aromatic heterocycles. The van der Waals surface area contributed by atoms with Crippen molar-refractivity contribution in [2.45, 2.75) is 47.5 Å². The lowest BCUT2D eigenvalue weighted by molar-refractivity contribution is 0.0599. The number of esters is 1. The molecule has 4 aromatic carbocycles. The van der Waals surface area contributed by atoms with Gasteiger partial charge in [0.1, 0.15) is 11.5 Å². The Morgan fingerprint density at radius 3 is 2.17 bits per heavy atom. The van der Waals surface area contributed by atoms with Crippen molar-refractivity contribution in [1.29, 1.82) is 0 Å². The van der Waals surface area contributed by atoms with E-state index in [2.05, 4.69) is 94.2 Å².